The molecule has 0 spiro atoms. The van der Waals surface area contributed by atoms with Crippen LogP contribution in [-0.4, -0.2) is 32.1 Å². The zero-order valence-corrected chi connectivity index (χ0v) is 11.5. The number of hydrogen-bond acceptors (Lipinski definition) is 4. The molecule has 1 rings (SSSR count). The number of rotatable bonds is 3. The number of urea groups is 1. The summed E-state index contributed by atoms with van der Waals surface area (Å²) in [5.41, 5.74) is -1.39. The first-order valence-corrected chi connectivity index (χ1v) is 6.25. The molecule has 0 aliphatic heterocycles. The predicted molar refractivity (Wildman–Crippen MR) is 69.2 cm³/mol. The summed E-state index contributed by atoms with van der Waals surface area (Å²) >= 11 is 0. The molecular weight excluding hydrogens is 248 g/mol. The molecule has 0 saturated heterocycles. The molecule has 2 N–H and O–H groups in total. The molecule has 0 heterocycles. The van der Waals surface area contributed by atoms with Gasteiger partial charge in [0.1, 0.15) is 5.41 Å². The molecule has 1 aliphatic rings. The van der Waals surface area contributed by atoms with Crippen molar-refractivity contribution in [1.82, 2.24) is 10.6 Å². The Morgan fingerprint density at radius 2 is 2.05 bits per heavy atom. The van der Waals surface area contributed by atoms with E-state index >= 15 is 0 Å². The number of hydrogen-bond donors (Lipinski definition) is 2. The standard InChI is InChI=1S/C13H20N2O4/c1-13(11(17)19-3,9-7-5-4-6-8-9)10(16)15-12(18)14-2/h5,7,9H,4,6,8H2,1-3H3,(H2,14,15,16,18). The Morgan fingerprint density at radius 3 is 2.53 bits per heavy atom. The number of esters is 1. The van der Waals surface area contributed by atoms with Crippen LogP contribution in [0.5, 0.6) is 0 Å². The number of methoxy groups -OCH3 is 1. The molecule has 106 valence electrons. The highest BCUT2D eigenvalue weighted by molar-refractivity contribution is 6.08. The average Bonchev–Trinajstić information content (AvgIpc) is 2.45. The van der Waals surface area contributed by atoms with E-state index < -0.39 is 23.3 Å². The second-order valence-electron chi connectivity index (χ2n) is 4.69. The maximum absolute atomic E-state index is 12.2. The molecule has 6 nitrogen and oxygen atoms in total. The molecule has 0 saturated carbocycles. The molecule has 0 bridgehead atoms. The first-order valence-electron chi connectivity index (χ1n) is 6.25. The maximum atomic E-state index is 12.2. The van der Waals surface area contributed by atoms with Gasteiger partial charge in [0.25, 0.3) is 0 Å². The van der Waals surface area contributed by atoms with Crippen LogP contribution in [0, 0.1) is 11.3 Å². The SMILES string of the molecule is CNC(=O)NC(=O)C(C)(C(=O)OC)C1C=CCCC1. The predicted octanol–water partition coefficient (Wildman–Crippen LogP) is 0.978. The van der Waals surface area contributed by atoms with E-state index in [0.29, 0.717) is 6.42 Å². The lowest BCUT2D eigenvalue weighted by molar-refractivity contribution is -0.160. The van der Waals surface area contributed by atoms with Gasteiger partial charge >= 0.3 is 12.0 Å². The van der Waals surface area contributed by atoms with Crippen LogP contribution in [0.2, 0.25) is 0 Å². The quantitative estimate of drug-likeness (QED) is 0.454. The van der Waals surface area contributed by atoms with E-state index in [0.717, 1.165) is 12.8 Å². The molecule has 19 heavy (non-hydrogen) atoms. The van der Waals surface area contributed by atoms with Crippen LogP contribution in [0.3, 0.4) is 0 Å². The molecule has 2 unspecified atom stereocenters. The van der Waals surface area contributed by atoms with Gasteiger partial charge in [-0.1, -0.05) is 12.2 Å². The number of amides is 3. The fraction of sp³-hybridized carbons (Fsp3) is 0.615. The van der Waals surface area contributed by atoms with Crippen molar-refractivity contribution < 1.29 is 19.1 Å². The van der Waals surface area contributed by atoms with Gasteiger partial charge in [-0.25, -0.2) is 4.79 Å². The number of nitrogens with one attached hydrogen (secondary N) is 2. The number of ether oxygens (including phenoxy) is 1. The maximum Gasteiger partial charge on any atom is 0.321 e. The lowest BCUT2D eigenvalue weighted by Crippen LogP contribution is -2.53. The van der Waals surface area contributed by atoms with Crippen molar-refractivity contribution in [2.45, 2.75) is 26.2 Å². The fourth-order valence-electron chi connectivity index (χ4n) is 2.21. The van der Waals surface area contributed by atoms with E-state index in [1.165, 1.54) is 21.1 Å². The number of carbonyl (C=O) groups excluding carboxylic acids is 3. The van der Waals surface area contributed by atoms with Crippen LogP contribution >= 0.6 is 0 Å². The summed E-state index contributed by atoms with van der Waals surface area (Å²) in [6.45, 7) is 1.51. The fourth-order valence-corrected chi connectivity index (χ4v) is 2.21. The van der Waals surface area contributed by atoms with Gasteiger partial charge < -0.3 is 10.1 Å². The van der Waals surface area contributed by atoms with Crippen LogP contribution in [0.25, 0.3) is 0 Å². The summed E-state index contributed by atoms with van der Waals surface area (Å²) in [5, 5.41) is 4.45. The summed E-state index contributed by atoms with van der Waals surface area (Å²) in [5.74, 6) is -1.54. The Balaban J connectivity index is 3.01. The third-order valence-corrected chi connectivity index (χ3v) is 3.53. The van der Waals surface area contributed by atoms with E-state index in [1.807, 2.05) is 12.2 Å². The molecule has 0 fully saturated rings. The summed E-state index contributed by atoms with van der Waals surface area (Å²) in [7, 11) is 2.64. The lowest BCUT2D eigenvalue weighted by Gasteiger charge is -2.33. The van der Waals surface area contributed by atoms with Gasteiger partial charge in [0.2, 0.25) is 5.91 Å². The monoisotopic (exact) mass is 268 g/mol. The molecular formula is C13H20N2O4. The summed E-state index contributed by atoms with van der Waals surface area (Å²) in [6.07, 6.45) is 6.35. The van der Waals surface area contributed by atoms with Crippen LogP contribution in [0.4, 0.5) is 4.79 Å². The molecule has 0 aromatic rings. The van der Waals surface area contributed by atoms with Crippen molar-refractivity contribution in [1.29, 1.82) is 0 Å². The van der Waals surface area contributed by atoms with Crippen LogP contribution in [0.1, 0.15) is 26.2 Å². The Morgan fingerprint density at radius 1 is 1.37 bits per heavy atom. The Bertz CT molecular complexity index is 405. The average molecular weight is 268 g/mol. The van der Waals surface area contributed by atoms with Crippen molar-refractivity contribution >= 4 is 17.9 Å². The smallest absolute Gasteiger partial charge is 0.321 e. The Labute approximate surface area is 112 Å². The summed E-state index contributed by atoms with van der Waals surface area (Å²) in [4.78, 5) is 35.5. The van der Waals surface area contributed by atoms with Crippen molar-refractivity contribution in [2.24, 2.45) is 11.3 Å². The van der Waals surface area contributed by atoms with Gasteiger partial charge in [0, 0.05) is 13.0 Å². The molecule has 0 aromatic heterocycles. The van der Waals surface area contributed by atoms with Crippen molar-refractivity contribution in [3.63, 3.8) is 0 Å². The highest BCUT2D eigenvalue weighted by Crippen LogP contribution is 2.36. The first kappa shape index (κ1) is 15.2. The second kappa shape index (κ2) is 6.36. The van der Waals surface area contributed by atoms with E-state index in [2.05, 4.69) is 10.6 Å². The van der Waals surface area contributed by atoms with Crippen LogP contribution in [-0.2, 0) is 14.3 Å². The van der Waals surface area contributed by atoms with Gasteiger partial charge in [-0.2, -0.15) is 0 Å². The largest absolute Gasteiger partial charge is 0.468 e. The molecule has 2 atom stereocenters. The highest BCUT2D eigenvalue weighted by Gasteiger charge is 2.48. The highest BCUT2D eigenvalue weighted by atomic mass is 16.5. The van der Waals surface area contributed by atoms with E-state index in [1.54, 1.807) is 0 Å². The molecule has 6 heteroatoms. The molecule has 0 radical (unpaired) electrons. The molecule has 1 aliphatic carbocycles. The zero-order valence-electron chi connectivity index (χ0n) is 11.5. The summed E-state index contributed by atoms with van der Waals surface area (Å²) < 4.78 is 4.74. The topological polar surface area (TPSA) is 84.5 Å². The number of carbonyl (C=O) groups is 3. The third-order valence-electron chi connectivity index (χ3n) is 3.53. The van der Waals surface area contributed by atoms with Crippen LogP contribution < -0.4 is 10.6 Å². The van der Waals surface area contributed by atoms with E-state index in [4.69, 9.17) is 4.74 Å². The minimum atomic E-state index is -1.39. The number of imide groups is 1. The van der Waals surface area contributed by atoms with Crippen LogP contribution in [0.15, 0.2) is 12.2 Å². The zero-order chi connectivity index (χ0) is 14.5. The minimum Gasteiger partial charge on any atom is -0.468 e. The van der Waals surface area contributed by atoms with Gasteiger partial charge in [-0.15, -0.1) is 0 Å². The van der Waals surface area contributed by atoms with Crippen molar-refractivity contribution in [2.75, 3.05) is 14.2 Å². The molecule has 3 amide bonds. The normalized spacial score (nSPS) is 21.1. The minimum absolute atomic E-state index is 0.265. The van der Waals surface area contributed by atoms with Gasteiger partial charge in [-0.05, 0) is 26.2 Å². The van der Waals surface area contributed by atoms with Crippen molar-refractivity contribution in [3.8, 4) is 0 Å². The lowest BCUT2D eigenvalue weighted by atomic mass is 9.72. The first-order chi connectivity index (χ1) is 8.96. The van der Waals surface area contributed by atoms with Crippen molar-refractivity contribution in [3.05, 3.63) is 12.2 Å². The third kappa shape index (κ3) is 3.13. The summed E-state index contributed by atoms with van der Waals surface area (Å²) in [6, 6.07) is -0.639. The Kier molecular flexibility index (Phi) is 5.09. The molecule has 0 aromatic carbocycles. The number of allylic oxidation sites excluding steroid dienone is 2. The van der Waals surface area contributed by atoms with E-state index in [-0.39, 0.29) is 5.92 Å². The van der Waals surface area contributed by atoms with Gasteiger partial charge in [0.15, 0.2) is 0 Å². The van der Waals surface area contributed by atoms with Gasteiger partial charge in [0.05, 0.1) is 7.11 Å². The van der Waals surface area contributed by atoms with E-state index in [9.17, 15) is 14.4 Å². The second-order valence-corrected chi connectivity index (χ2v) is 4.69. The van der Waals surface area contributed by atoms with Gasteiger partial charge in [-0.3, -0.25) is 14.9 Å². The Hall–Kier alpha value is -1.85.